The largest absolute Gasteiger partial charge is 0.461 e. The third kappa shape index (κ3) is 1.97. The number of carbonyl (C=O) groups excluding carboxylic acids is 3. The molecule has 2 aliphatic rings. The van der Waals surface area contributed by atoms with E-state index in [1.807, 2.05) is 0 Å². The Morgan fingerprint density at radius 2 is 2.00 bits per heavy atom. The first-order valence-corrected chi connectivity index (χ1v) is 6.49. The summed E-state index contributed by atoms with van der Waals surface area (Å²) in [4.78, 5) is 42.5. The van der Waals surface area contributed by atoms with E-state index in [0.29, 0.717) is 5.69 Å². The number of rotatable bonds is 3. The summed E-state index contributed by atoms with van der Waals surface area (Å²) in [6, 6.07) is 8.48. The van der Waals surface area contributed by atoms with Crippen LogP contribution in [0, 0.1) is 5.92 Å². The standard InChI is InChI=1S/C14H12N2O5/c1-2-20-14(19)10-9-11(21-15-10)13(18)16(12(9)17)8-6-4-3-5-7-8/h3-7,9,11H,2H2,1H3. The van der Waals surface area contributed by atoms with E-state index in [1.54, 1.807) is 37.3 Å². The van der Waals surface area contributed by atoms with E-state index in [1.165, 1.54) is 0 Å². The first-order valence-electron chi connectivity index (χ1n) is 6.49. The van der Waals surface area contributed by atoms with E-state index < -0.39 is 29.8 Å². The van der Waals surface area contributed by atoms with Crippen LogP contribution < -0.4 is 4.90 Å². The van der Waals surface area contributed by atoms with Crippen LogP contribution in [0.25, 0.3) is 0 Å². The summed E-state index contributed by atoms with van der Waals surface area (Å²) < 4.78 is 4.83. The second kappa shape index (κ2) is 5.01. The number of anilines is 1. The zero-order valence-corrected chi connectivity index (χ0v) is 11.2. The van der Waals surface area contributed by atoms with Gasteiger partial charge in [-0.3, -0.25) is 9.59 Å². The molecule has 0 aromatic heterocycles. The van der Waals surface area contributed by atoms with Gasteiger partial charge in [0.05, 0.1) is 12.3 Å². The molecule has 7 heteroatoms. The van der Waals surface area contributed by atoms with Crippen molar-refractivity contribution >= 4 is 29.2 Å². The summed E-state index contributed by atoms with van der Waals surface area (Å²) in [7, 11) is 0. The molecule has 0 N–H and O–H groups in total. The molecule has 0 bridgehead atoms. The van der Waals surface area contributed by atoms with Gasteiger partial charge in [0.2, 0.25) is 12.0 Å². The smallest absolute Gasteiger partial charge is 0.357 e. The molecule has 2 amide bonds. The summed E-state index contributed by atoms with van der Waals surface area (Å²) in [5, 5.41) is 3.54. The van der Waals surface area contributed by atoms with E-state index in [4.69, 9.17) is 9.57 Å². The third-order valence-corrected chi connectivity index (χ3v) is 3.31. The van der Waals surface area contributed by atoms with E-state index in [0.717, 1.165) is 4.90 Å². The Bertz CT molecular complexity index is 640. The Kier molecular flexibility index (Phi) is 3.17. The monoisotopic (exact) mass is 288 g/mol. The Balaban J connectivity index is 1.91. The van der Waals surface area contributed by atoms with Gasteiger partial charge >= 0.3 is 5.97 Å². The fourth-order valence-corrected chi connectivity index (χ4v) is 2.38. The van der Waals surface area contributed by atoms with Gasteiger partial charge in [0.1, 0.15) is 5.92 Å². The number of esters is 1. The molecule has 7 nitrogen and oxygen atoms in total. The number of hydrogen-bond donors (Lipinski definition) is 0. The molecule has 21 heavy (non-hydrogen) atoms. The number of oxime groups is 1. The van der Waals surface area contributed by atoms with Crippen LogP contribution in [0.5, 0.6) is 0 Å². The van der Waals surface area contributed by atoms with Crippen molar-refractivity contribution in [2.24, 2.45) is 11.1 Å². The van der Waals surface area contributed by atoms with Gasteiger partial charge in [-0.2, -0.15) is 0 Å². The topological polar surface area (TPSA) is 85.3 Å². The Morgan fingerprint density at radius 1 is 1.29 bits per heavy atom. The molecule has 2 aliphatic heterocycles. The highest BCUT2D eigenvalue weighted by atomic mass is 16.7. The van der Waals surface area contributed by atoms with Gasteiger partial charge in [0, 0.05) is 0 Å². The summed E-state index contributed by atoms with van der Waals surface area (Å²) in [5.41, 5.74) is 0.285. The number of amides is 2. The first-order chi connectivity index (χ1) is 10.1. The minimum atomic E-state index is -1.09. The molecule has 0 radical (unpaired) electrons. The van der Waals surface area contributed by atoms with Crippen LogP contribution in [0.3, 0.4) is 0 Å². The molecule has 0 spiro atoms. The predicted molar refractivity (Wildman–Crippen MR) is 71.4 cm³/mol. The quantitative estimate of drug-likeness (QED) is 0.597. The molecular weight excluding hydrogens is 276 g/mol. The maximum absolute atomic E-state index is 12.5. The van der Waals surface area contributed by atoms with Crippen LogP contribution in [-0.4, -0.2) is 36.2 Å². The molecule has 2 heterocycles. The lowest BCUT2D eigenvalue weighted by atomic mass is 10.00. The minimum Gasteiger partial charge on any atom is -0.461 e. The average molecular weight is 288 g/mol. The highest BCUT2D eigenvalue weighted by Crippen LogP contribution is 2.33. The number of hydrogen-bond acceptors (Lipinski definition) is 6. The Hall–Kier alpha value is -2.70. The van der Waals surface area contributed by atoms with Gasteiger partial charge in [-0.25, -0.2) is 9.69 Å². The highest BCUT2D eigenvalue weighted by Gasteiger charge is 2.57. The molecule has 1 aromatic rings. The summed E-state index contributed by atoms with van der Waals surface area (Å²) >= 11 is 0. The maximum Gasteiger partial charge on any atom is 0.357 e. The van der Waals surface area contributed by atoms with Crippen LogP contribution in [0.2, 0.25) is 0 Å². The minimum absolute atomic E-state index is 0.153. The number of para-hydroxylation sites is 1. The average Bonchev–Trinajstić information content (AvgIpc) is 3.02. The molecular formula is C14H12N2O5. The van der Waals surface area contributed by atoms with Gasteiger partial charge in [0.25, 0.3) is 5.91 Å². The van der Waals surface area contributed by atoms with Crippen molar-refractivity contribution in [3.63, 3.8) is 0 Å². The molecule has 2 atom stereocenters. The first kappa shape index (κ1) is 13.3. The highest BCUT2D eigenvalue weighted by molar-refractivity contribution is 6.46. The Labute approximate surface area is 120 Å². The number of fused-ring (bicyclic) bond motifs is 1. The second-order valence-corrected chi connectivity index (χ2v) is 4.55. The molecule has 2 unspecified atom stereocenters. The van der Waals surface area contributed by atoms with Crippen LogP contribution in [0.1, 0.15) is 6.92 Å². The number of carbonyl (C=O) groups is 3. The fraction of sp³-hybridized carbons (Fsp3) is 0.286. The van der Waals surface area contributed by atoms with Crippen molar-refractivity contribution in [2.45, 2.75) is 13.0 Å². The molecule has 1 aromatic carbocycles. The van der Waals surface area contributed by atoms with Crippen molar-refractivity contribution in [3.05, 3.63) is 30.3 Å². The third-order valence-electron chi connectivity index (χ3n) is 3.31. The van der Waals surface area contributed by atoms with Gasteiger partial charge in [0.15, 0.2) is 5.71 Å². The molecule has 0 aliphatic carbocycles. The van der Waals surface area contributed by atoms with Crippen LogP contribution in [0.15, 0.2) is 35.5 Å². The van der Waals surface area contributed by atoms with Crippen LogP contribution in [0.4, 0.5) is 5.69 Å². The molecule has 1 fully saturated rings. The van der Waals surface area contributed by atoms with Crippen molar-refractivity contribution in [3.8, 4) is 0 Å². The second-order valence-electron chi connectivity index (χ2n) is 4.55. The lowest BCUT2D eigenvalue weighted by Crippen LogP contribution is -2.34. The van der Waals surface area contributed by atoms with Crippen molar-refractivity contribution in [1.82, 2.24) is 0 Å². The normalized spacial score (nSPS) is 23.7. The van der Waals surface area contributed by atoms with E-state index in [2.05, 4.69) is 5.16 Å². The van der Waals surface area contributed by atoms with E-state index in [-0.39, 0.29) is 12.3 Å². The number of ether oxygens (including phenoxy) is 1. The molecule has 1 saturated heterocycles. The van der Waals surface area contributed by atoms with E-state index in [9.17, 15) is 14.4 Å². The van der Waals surface area contributed by atoms with Gasteiger partial charge in [-0.15, -0.1) is 0 Å². The lowest BCUT2D eigenvalue weighted by Gasteiger charge is -2.14. The number of nitrogens with zero attached hydrogens (tertiary/aromatic N) is 2. The van der Waals surface area contributed by atoms with Crippen LogP contribution >= 0.6 is 0 Å². The zero-order valence-electron chi connectivity index (χ0n) is 11.2. The number of imide groups is 1. The van der Waals surface area contributed by atoms with Gasteiger partial charge < -0.3 is 9.57 Å². The lowest BCUT2D eigenvalue weighted by molar-refractivity contribution is -0.136. The van der Waals surface area contributed by atoms with Crippen molar-refractivity contribution < 1.29 is 24.0 Å². The maximum atomic E-state index is 12.5. The number of benzene rings is 1. The van der Waals surface area contributed by atoms with Crippen LogP contribution in [-0.2, 0) is 24.0 Å². The van der Waals surface area contributed by atoms with Gasteiger partial charge in [-0.1, -0.05) is 23.4 Å². The SMILES string of the molecule is CCOC(=O)C1=NOC2C(=O)N(c3ccccc3)C(=O)C12. The molecule has 3 rings (SSSR count). The van der Waals surface area contributed by atoms with Crippen molar-refractivity contribution in [2.75, 3.05) is 11.5 Å². The van der Waals surface area contributed by atoms with Gasteiger partial charge in [-0.05, 0) is 19.1 Å². The summed E-state index contributed by atoms with van der Waals surface area (Å²) in [6.07, 6.45) is -1.09. The van der Waals surface area contributed by atoms with Crippen molar-refractivity contribution in [1.29, 1.82) is 0 Å². The molecule has 0 saturated carbocycles. The van der Waals surface area contributed by atoms with E-state index >= 15 is 0 Å². The fourth-order valence-electron chi connectivity index (χ4n) is 2.38. The predicted octanol–water partition coefficient (Wildman–Crippen LogP) is 0.494. The summed E-state index contributed by atoms with van der Waals surface area (Å²) in [5.74, 6) is -2.82. The Morgan fingerprint density at radius 3 is 2.67 bits per heavy atom. The zero-order chi connectivity index (χ0) is 15.0. The molecule has 108 valence electrons. The summed E-state index contributed by atoms with van der Waals surface area (Å²) in [6.45, 7) is 1.80.